The Kier molecular flexibility index (Phi) is 14.8. The fourth-order valence-electron chi connectivity index (χ4n) is 3.92. The van der Waals surface area contributed by atoms with Gasteiger partial charge in [-0.3, -0.25) is 0 Å². The van der Waals surface area contributed by atoms with E-state index in [0.29, 0.717) is 11.4 Å². The number of ether oxygens (including phenoxy) is 4. The van der Waals surface area contributed by atoms with Gasteiger partial charge in [0.2, 0.25) is 0 Å². The number of aryl methyl sites for hydroxylation is 1. The third kappa shape index (κ3) is 12.0. The van der Waals surface area contributed by atoms with Crippen LogP contribution in [0.5, 0.6) is 5.75 Å². The molecule has 0 bridgehead atoms. The molecular weight excluding hydrogens is 741 g/mol. The van der Waals surface area contributed by atoms with Crippen molar-refractivity contribution in [1.29, 1.82) is 0 Å². The van der Waals surface area contributed by atoms with Crippen LogP contribution in [0.15, 0.2) is 36.7 Å². The van der Waals surface area contributed by atoms with Crippen molar-refractivity contribution in [2.75, 3.05) is 19.8 Å². The number of unbranched alkanes of at least 4 members (excludes halogenated alkanes) is 5. The van der Waals surface area contributed by atoms with Gasteiger partial charge in [0.05, 0.1) is 6.61 Å². The maximum Gasteiger partial charge on any atom is 0.460 e. The summed E-state index contributed by atoms with van der Waals surface area (Å²) in [6.45, 7) is -2.19. The molecule has 1 aromatic carbocycles. The van der Waals surface area contributed by atoms with Gasteiger partial charge in [-0.05, 0) is 42.7 Å². The van der Waals surface area contributed by atoms with Crippen LogP contribution in [0.25, 0.3) is 11.4 Å². The van der Waals surface area contributed by atoms with Crippen LogP contribution >= 0.6 is 0 Å². The van der Waals surface area contributed by atoms with Gasteiger partial charge in [-0.2, -0.15) is 65.9 Å². The summed E-state index contributed by atoms with van der Waals surface area (Å²) < 4.78 is 209. The molecule has 1 aromatic heterocycles. The Hall–Kier alpha value is -3.11. The lowest BCUT2D eigenvalue weighted by molar-refractivity contribution is -0.543. The topological polar surface area (TPSA) is 82.9 Å². The van der Waals surface area contributed by atoms with E-state index in [1.807, 2.05) is 0 Å². The average Bonchev–Trinajstić information content (AvgIpc) is 3.00. The quantitative estimate of drug-likeness (QED) is 0.0945. The number of halogens is 15. The number of nitrogens with zero attached hydrogens (tertiary/aromatic N) is 2. The molecule has 1 heterocycles. The van der Waals surface area contributed by atoms with E-state index in [4.69, 9.17) is 4.74 Å². The Morgan fingerprint density at radius 3 is 1.73 bits per heavy atom. The number of hydrogen-bond donors (Lipinski definition) is 1. The number of benzene rings is 1. The molecule has 22 heteroatoms. The van der Waals surface area contributed by atoms with E-state index in [1.165, 1.54) is 37.1 Å². The highest BCUT2D eigenvalue weighted by atomic mass is 19.4. The van der Waals surface area contributed by atoms with Gasteiger partial charge in [0, 0.05) is 18.0 Å². The van der Waals surface area contributed by atoms with Gasteiger partial charge in [-0.1, -0.05) is 39.0 Å². The van der Waals surface area contributed by atoms with Crippen LogP contribution in [0.1, 0.15) is 51.0 Å². The van der Waals surface area contributed by atoms with Crippen molar-refractivity contribution in [3.63, 3.8) is 0 Å². The summed E-state index contributed by atoms with van der Waals surface area (Å²) in [7, 11) is 0. The SMILES string of the molecule is CCCCCCCCc1cnc(-c2ccc(OCC(O)COCC(F)(F)OC(F)(F)C(F)(F)OC(F)(F)C(F)(F)C(F)(F)C(F)(F)F)cc2)nc1. The Morgan fingerprint density at radius 1 is 0.647 bits per heavy atom. The second-order valence-corrected chi connectivity index (χ2v) is 11.0. The predicted molar refractivity (Wildman–Crippen MR) is 145 cm³/mol. The van der Waals surface area contributed by atoms with Crippen LogP contribution in [0.3, 0.4) is 0 Å². The molecule has 2 aromatic rings. The maximum absolute atomic E-state index is 13.7. The zero-order chi connectivity index (χ0) is 38.9. The van der Waals surface area contributed by atoms with Crippen molar-refractivity contribution in [2.24, 2.45) is 0 Å². The summed E-state index contributed by atoms with van der Waals surface area (Å²) in [6.07, 6.45) is -26.1. The molecule has 1 atom stereocenters. The maximum atomic E-state index is 13.7. The molecule has 2 rings (SSSR count). The number of alkyl halides is 15. The van der Waals surface area contributed by atoms with Gasteiger partial charge >= 0.3 is 42.5 Å². The minimum Gasteiger partial charge on any atom is -0.491 e. The third-order valence-corrected chi connectivity index (χ3v) is 6.65. The molecule has 0 saturated carbocycles. The summed E-state index contributed by atoms with van der Waals surface area (Å²) in [5.41, 5.74) is 1.53. The van der Waals surface area contributed by atoms with Crippen molar-refractivity contribution >= 4 is 0 Å². The van der Waals surface area contributed by atoms with Crippen molar-refractivity contribution in [2.45, 2.75) is 100 Å². The number of aliphatic hydroxyl groups excluding tert-OH is 1. The van der Waals surface area contributed by atoms with Crippen molar-refractivity contribution in [3.8, 4) is 17.1 Å². The molecular formula is C29H31F15N2O5. The summed E-state index contributed by atoms with van der Waals surface area (Å²) in [4.78, 5) is 8.62. The molecule has 0 radical (unpaired) electrons. The Labute approximate surface area is 280 Å². The summed E-state index contributed by atoms with van der Waals surface area (Å²) in [5, 5.41) is 9.83. The van der Waals surface area contributed by atoms with E-state index in [0.717, 1.165) is 37.7 Å². The lowest BCUT2D eigenvalue weighted by Gasteiger charge is -2.36. The minimum atomic E-state index is -7.95. The first-order chi connectivity index (χ1) is 23.3. The van der Waals surface area contributed by atoms with E-state index in [9.17, 15) is 71.0 Å². The van der Waals surface area contributed by atoms with Crippen molar-refractivity contribution < 1.29 is 89.9 Å². The van der Waals surface area contributed by atoms with Crippen LogP contribution in [0, 0.1) is 0 Å². The first-order valence-corrected chi connectivity index (χ1v) is 14.8. The van der Waals surface area contributed by atoms with E-state index < -0.39 is 68.4 Å². The Bertz CT molecular complexity index is 1350. The summed E-state index contributed by atoms with van der Waals surface area (Å²) in [5.74, 6) is -15.3. The molecule has 51 heavy (non-hydrogen) atoms. The largest absolute Gasteiger partial charge is 0.491 e. The molecule has 1 N–H and O–H groups in total. The number of aliphatic hydroxyl groups is 1. The fraction of sp³-hybridized carbons (Fsp3) is 0.655. The standard InChI is InChI=1S/C29H31F15N2O5/c1-2-3-4-5-6-7-8-18-13-45-22(46-14-18)19-9-11-21(12-10-19)49-16-20(47)15-48-17-23(30,31)50-28(41,42)29(43,44)51-27(39,40)25(34,35)24(32,33)26(36,37)38/h9-14,20,47H,2-8,15-17H2,1H3. The van der Waals surface area contributed by atoms with Crippen molar-refractivity contribution in [1.82, 2.24) is 9.97 Å². The number of aromatic nitrogens is 2. The first kappa shape index (κ1) is 44.1. The van der Waals surface area contributed by atoms with E-state index >= 15 is 0 Å². The Morgan fingerprint density at radius 2 is 1.18 bits per heavy atom. The van der Waals surface area contributed by atoms with E-state index in [2.05, 4.69) is 26.4 Å². The second-order valence-electron chi connectivity index (χ2n) is 11.0. The fourth-order valence-corrected chi connectivity index (χ4v) is 3.92. The molecule has 0 amide bonds. The van der Waals surface area contributed by atoms with Crippen LogP contribution in [-0.2, 0) is 20.6 Å². The molecule has 0 aliphatic heterocycles. The monoisotopic (exact) mass is 772 g/mol. The lowest BCUT2D eigenvalue weighted by atomic mass is 10.1. The van der Waals surface area contributed by atoms with Crippen LogP contribution in [0.2, 0.25) is 0 Å². The minimum absolute atomic E-state index is 0.114. The van der Waals surface area contributed by atoms with E-state index in [-0.39, 0.29) is 5.75 Å². The second kappa shape index (κ2) is 17.1. The zero-order valence-electron chi connectivity index (χ0n) is 26.3. The van der Waals surface area contributed by atoms with Crippen molar-refractivity contribution in [3.05, 3.63) is 42.2 Å². The van der Waals surface area contributed by atoms with Gasteiger partial charge in [0.15, 0.2) is 5.82 Å². The predicted octanol–water partition coefficient (Wildman–Crippen LogP) is 9.04. The van der Waals surface area contributed by atoms with Gasteiger partial charge in [-0.25, -0.2) is 19.4 Å². The molecule has 0 saturated heterocycles. The molecule has 292 valence electrons. The van der Waals surface area contributed by atoms with Crippen LogP contribution < -0.4 is 4.74 Å². The highest BCUT2D eigenvalue weighted by Gasteiger charge is 2.85. The highest BCUT2D eigenvalue weighted by Crippen LogP contribution is 2.56. The van der Waals surface area contributed by atoms with Crippen LogP contribution in [-0.4, -0.2) is 83.5 Å². The third-order valence-electron chi connectivity index (χ3n) is 6.65. The molecule has 1 unspecified atom stereocenters. The first-order valence-electron chi connectivity index (χ1n) is 14.8. The number of rotatable bonds is 22. The van der Waals surface area contributed by atoms with Gasteiger partial charge < -0.3 is 14.6 Å². The zero-order valence-corrected chi connectivity index (χ0v) is 26.3. The average molecular weight is 773 g/mol. The van der Waals surface area contributed by atoms with Gasteiger partial charge in [-0.15, -0.1) is 0 Å². The highest BCUT2D eigenvalue weighted by molar-refractivity contribution is 5.55. The molecule has 0 aliphatic rings. The number of hydrogen-bond acceptors (Lipinski definition) is 7. The smallest absolute Gasteiger partial charge is 0.460 e. The summed E-state index contributed by atoms with van der Waals surface area (Å²) in [6, 6.07) is 5.90. The summed E-state index contributed by atoms with van der Waals surface area (Å²) >= 11 is 0. The Balaban J connectivity index is 1.85. The molecule has 7 nitrogen and oxygen atoms in total. The van der Waals surface area contributed by atoms with Gasteiger partial charge in [0.1, 0.15) is 25.1 Å². The molecule has 0 fully saturated rings. The molecule has 0 spiro atoms. The van der Waals surface area contributed by atoms with E-state index in [1.54, 1.807) is 17.1 Å². The van der Waals surface area contributed by atoms with Crippen LogP contribution in [0.4, 0.5) is 65.9 Å². The van der Waals surface area contributed by atoms with Gasteiger partial charge in [0.25, 0.3) is 0 Å². The normalized spacial score (nSPS) is 14.5. The lowest BCUT2D eigenvalue weighted by Crippen LogP contribution is -2.64. The molecule has 0 aliphatic carbocycles.